The summed E-state index contributed by atoms with van der Waals surface area (Å²) in [7, 11) is 2.17. The van der Waals surface area contributed by atoms with Crippen LogP contribution in [0.3, 0.4) is 0 Å². The molecule has 0 aromatic carbocycles. The van der Waals surface area contributed by atoms with Gasteiger partial charge in [-0.05, 0) is 31.6 Å². The number of fused-ring (bicyclic) bond motifs is 1. The van der Waals surface area contributed by atoms with E-state index in [4.69, 9.17) is 0 Å². The SMILES string of the molecule is CN1CCN(c2cc3c(nn2)CNCC3)CC1. The van der Waals surface area contributed by atoms with Gasteiger partial charge in [0, 0.05) is 32.7 Å². The van der Waals surface area contributed by atoms with Gasteiger partial charge in [0.2, 0.25) is 0 Å². The van der Waals surface area contributed by atoms with E-state index >= 15 is 0 Å². The highest BCUT2D eigenvalue weighted by atomic mass is 15.3. The largest absolute Gasteiger partial charge is 0.353 e. The molecule has 0 unspecified atom stereocenters. The number of hydrogen-bond donors (Lipinski definition) is 1. The minimum Gasteiger partial charge on any atom is -0.353 e. The van der Waals surface area contributed by atoms with E-state index in [9.17, 15) is 0 Å². The molecule has 2 aliphatic heterocycles. The average molecular weight is 233 g/mol. The normalized spacial score (nSPS) is 21.4. The Hall–Kier alpha value is -1.20. The summed E-state index contributed by atoms with van der Waals surface area (Å²) in [6.07, 6.45) is 1.07. The molecule has 1 saturated heterocycles. The Kier molecular flexibility index (Phi) is 2.94. The van der Waals surface area contributed by atoms with Gasteiger partial charge in [0.1, 0.15) is 0 Å². The van der Waals surface area contributed by atoms with E-state index in [-0.39, 0.29) is 0 Å². The highest BCUT2D eigenvalue weighted by Crippen LogP contribution is 2.18. The number of piperazine rings is 1. The van der Waals surface area contributed by atoms with E-state index in [1.807, 2.05) is 0 Å². The van der Waals surface area contributed by atoms with Crippen LogP contribution in [0, 0.1) is 0 Å². The summed E-state index contributed by atoms with van der Waals surface area (Å²) in [4.78, 5) is 4.70. The van der Waals surface area contributed by atoms with Gasteiger partial charge in [-0.1, -0.05) is 0 Å². The third kappa shape index (κ3) is 2.25. The predicted octanol–water partition coefficient (Wildman–Crippen LogP) is -0.126. The molecule has 17 heavy (non-hydrogen) atoms. The molecule has 0 spiro atoms. The lowest BCUT2D eigenvalue weighted by Crippen LogP contribution is -2.45. The zero-order chi connectivity index (χ0) is 11.7. The monoisotopic (exact) mass is 233 g/mol. The van der Waals surface area contributed by atoms with Crippen LogP contribution in [-0.2, 0) is 13.0 Å². The fourth-order valence-corrected chi connectivity index (χ4v) is 2.43. The topological polar surface area (TPSA) is 44.3 Å². The Morgan fingerprint density at radius 2 is 2.00 bits per heavy atom. The molecule has 0 radical (unpaired) electrons. The minimum atomic E-state index is 0.866. The lowest BCUT2D eigenvalue weighted by Gasteiger charge is -2.33. The summed E-state index contributed by atoms with van der Waals surface area (Å²) >= 11 is 0. The Morgan fingerprint density at radius 3 is 2.82 bits per heavy atom. The van der Waals surface area contributed by atoms with Crippen molar-refractivity contribution < 1.29 is 0 Å². The highest BCUT2D eigenvalue weighted by Gasteiger charge is 2.18. The van der Waals surface area contributed by atoms with Crippen molar-refractivity contribution in [2.75, 3.05) is 44.7 Å². The third-order valence-corrected chi connectivity index (χ3v) is 3.64. The first-order chi connectivity index (χ1) is 8.33. The molecule has 3 rings (SSSR count). The highest BCUT2D eigenvalue weighted by molar-refractivity contribution is 5.42. The molecular weight excluding hydrogens is 214 g/mol. The number of nitrogens with zero attached hydrogens (tertiary/aromatic N) is 4. The number of hydrogen-bond acceptors (Lipinski definition) is 5. The second-order valence-electron chi connectivity index (χ2n) is 4.89. The Bertz CT molecular complexity index is 398. The lowest BCUT2D eigenvalue weighted by molar-refractivity contribution is 0.311. The van der Waals surface area contributed by atoms with Gasteiger partial charge in [-0.15, -0.1) is 5.10 Å². The van der Waals surface area contributed by atoms with Crippen LogP contribution >= 0.6 is 0 Å². The molecule has 0 saturated carbocycles. The van der Waals surface area contributed by atoms with Crippen molar-refractivity contribution in [3.8, 4) is 0 Å². The van der Waals surface area contributed by atoms with Crippen molar-refractivity contribution in [3.63, 3.8) is 0 Å². The van der Waals surface area contributed by atoms with Gasteiger partial charge in [-0.2, -0.15) is 5.10 Å². The van der Waals surface area contributed by atoms with Gasteiger partial charge in [-0.3, -0.25) is 0 Å². The number of anilines is 1. The minimum absolute atomic E-state index is 0.866. The van der Waals surface area contributed by atoms with Gasteiger partial charge in [0.05, 0.1) is 5.69 Å². The second-order valence-corrected chi connectivity index (χ2v) is 4.89. The van der Waals surface area contributed by atoms with Crippen LogP contribution in [0.5, 0.6) is 0 Å². The Labute approximate surface area is 102 Å². The third-order valence-electron chi connectivity index (χ3n) is 3.64. The fourth-order valence-electron chi connectivity index (χ4n) is 2.43. The fraction of sp³-hybridized carbons (Fsp3) is 0.667. The standard InChI is InChI=1S/C12H19N5/c1-16-4-6-17(7-5-16)12-8-10-2-3-13-9-11(10)14-15-12/h8,13H,2-7,9H2,1H3. The zero-order valence-corrected chi connectivity index (χ0v) is 10.3. The summed E-state index contributed by atoms with van der Waals surface area (Å²) in [6, 6.07) is 2.23. The predicted molar refractivity (Wildman–Crippen MR) is 67.2 cm³/mol. The Balaban J connectivity index is 1.79. The molecule has 0 amide bonds. The Morgan fingerprint density at radius 1 is 1.18 bits per heavy atom. The summed E-state index contributed by atoms with van der Waals surface area (Å²) in [5, 5.41) is 12.0. The maximum absolute atomic E-state index is 4.36. The quantitative estimate of drug-likeness (QED) is 0.732. The van der Waals surface area contributed by atoms with Crippen molar-refractivity contribution in [2.24, 2.45) is 0 Å². The summed E-state index contributed by atoms with van der Waals surface area (Å²) in [5.41, 5.74) is 2.49. The summed E-state index contributed by atoms with van der Waals surface area (Å²) in [6.45, 7) is 6.26. The van der Waals surface area contributed by atoms with Gasteiger partial charge < -0.3 is 15.1 Å². The number of likely N-dealkylation sites (N-methyl/N-ethyl adjacent to an activating group) is 1. The van der Waals surface area contributed by atoms with Crippen molar-refractivity contribution in [2.45, 2.75) is 13.0 Å². The van der Waals surface area contributed by atoms with Crippen LogP contribution in [0.15, 0.2) is 6.07 Å². The van der Waals surface area contributed by atoms with Crippen molar-refractivity contribution >= 4 is 5.82 Å². The van der Waals surface area contributed by atoms with E-state index in [1.54, 1.807) is 0 Å². The van der Waals surface area contributed by atoms with Crippen LogP contribution in [0.25, 0.3) is 0 Å². The van der Waals surface area contributed by atoms with E-state index in [0.29, 0.717) is 0 Å². The first-order valence-electron chi connectivity index (χ1n) is 6.32. The smallest absolute Gasteiger partial charge is 0.151 e. The van der Waals surface area contributed by atoms with E-state index < -0.39 is 0 Å². The van der Waals surface area contributed by atoms with Gasteiger partial charge in [0.15, 0.2) is 5.82 Å². The van der Waals surface area contributed by atoms with Crippen LogP contribution < -0.4 is 10.2 Å². The summed E-state index contributed by atoms with van der Waals surface area (Å²) < 4.78 is 0. The van der Waals surface area contributed by atoms with Crippen LogP contribution in [0.2, 0.25) is 0 Å². The molecule has 0 atom stereocenters. The molecule has 1 aromatic heterocycles. The van der Waals surface area contributed by atoms with E-state index in [0.717, 1.165) is 57.2 Å². The molecule has 1 fully saturated rings. The van der Waals surface area contributed by atoms with E-state index in [1.165, 1.54) is 5.56 Å². The average Bonchev–Trinajstić information content (AvgIpc) is 2.39. The molecule has 0 aliphatic carbocycles. The maximum atomic E-state index is 4.36. The van der Waals surface area contributed by atoms with Crippen molar-refractivity contribution in [1.82, 2.24) is 20.4 Å². The van der Waals surface area contributed by atoms with E-state index in [2.05, 4.69) is 38.4 Å². The summed E-state index contributed by atoms with van der Waals surface area (Å²) in [5.74, 6) is 1.05. The number of rotatable bonds is 1. The molecule has 3 heterocycles. The van der Waals surface area contributed by atoms with Gasteiger partial charge >= 0.3 is 0 Å². The first-order valence-corrected chi connectivity index (χ1v) is 6.32. The molecule has 1 N–H and O–H groups in total. The van der Waals surface area contributed by atoms with Gasteiger partial charge in [0.25, 0.3) is 0 Å². The van der Waals surface area contributed by atoms with Crippen LogP contribution in [0.1, 0.15) is 11.3 Å². The lowest BCUT2D eigenvalue weighted by atomic mass is 10.1. The second kappa shape index (κ2) is 4.58. The molecule has 0 bridgehead atoms. The number of aromatic nitrogens is 2. The first kappa shape index (κ1) is 10.9. The number of nitrogens with one attached hydrogen (secondary N) is 1. The maximum Gasteiger partial charge on any atom is 0.151 e. The van der Waals surface area contributed by atoms with Crippen molar-refractivity contribution in [1.29, 1.82) is 0 Å². The zero-order valence-electron chi connectivity index (χ0n) is 10.3. The van der Waals surface area contributed by atoms with Crippen LogP contribution in [0.4, 0.5) is 5.82 Å². The molecule has 5 heteroatoms. The molecule has 92 valence electrons. The molecule has 5 nitrogen and oxygen atoms in total. The molecule has 1 aromatic rings. The van der Waals surface area contributed by atoms with Crippen LogP contribution in [-0.4, -0.2) is 54.9 Å². The van der Waals surface area contributed by atoms with Gasteiger partial charge in [-0.25, -0.2) is 0 Å². The van der Waals surface area contributed by atoms with Crippen molar-refractivity contribution in [3.05, 3.63) is 17.3 Å². The molecule has 2 aliphatic rings. The molecular formula is C12H19N5.